The molecule has 0 aliphatic carbocycles. The van der Waals surface area contributed by atoms with Crippen LogP contribution in [0.4, 0.5) is 0 Å². The van der Waals surface area contributed by atoms with Gasteiger partial charge in [0.1, 0.15) is 6.04 Å². The molecule has 0 unspecified atom stereocenters. The number of carboxylic acids is 1. The Balaban J connectivity index is 0. The van der Waals surface area contributed by atoms with Crippen molar-refractivity contribution in [3.05, 3.63) is 0 Å². The molecule has 1 atom stereocenters. The van der Waals surface area contributed by atoms with Crippen LogP contribution in [0.3, 0.4) is 0 Å². The Morgan fingerprint density at radius 3 is 1.91 bits per heavy atom. The first-order valence-corrected chi connectivity index (χ1v) is 2.98. The average molecular weight is 160 g/mol. The molecule has 64 valence electrons. The highest BCUT2D eigenvalue weighted by atomic mass is 16.4. The number of aliphatic carboxylic acids is 1. The summed E-state index contributed by atoms with van der Waals surface area (Å²) in [4.78, 5) is 10.0. The predicted octanol–water partition coefficient (Wildman–Crippen LogP) is -0.106. The number of nitrogens with zero attached hydrogens (tertiary/aromatic N) is 1. The van der Waals surface area contributed by atoms with Crippen molar-refractivity contribution in [1.29, 1.82) is 5.26 Å². The van der Waals surface area contributed by atoms with Crippen LogP contribution in [0.1, 0.15) is 13.8 Å². The van der Waals surface area contributed by atoms with E-state index < -0.39 is 12.0 Å². The monoisotopic (exact) mass is 160 g/mol. The fourth-order valence-electron chi connectivity index (χ4n) is 0.285. The SMILES string of the molecule is CC(C)[C@H](N)C(=O)O.N#CO. The molecular formula is C6H12N2O3. The third kappa shape index (κ3) is 8.72. The van der Waals surface area contributed by atoms with E-state index in [1.54, 1.807) is 13.8 Å². The van der Waals surface area contributed by atoms with Gasteiger partial charge in [0.05, 0.1) is 0 Å². The zero-order valence-corrected chi connectivity index (χ0v) is 6.48. The third-order valence-electron chi connectivity index (χ3n) is 1.00. The molecule has 4 N–H and O–H groups in total. The summed E-state index contributed by atoms with van der Waals surface area (Å²) >= 11 is 0. The second-order valence-electron chi connectivity index (χ2n) is 2.21. The topological polar surface area (TPSA) is 107 Å². The summed E-state index contributed by atoms with van der Waals surface area (Å²) in [6, 6.07) is -0.713. The number of hydrogen-bond acceptors (Lipinski definition) is 4. The Morgan fingerprint density at radius 1 is 1.64 bits per heavy atom. The Bertz CT molecular complexity index is 150. The Hall–Kier alpha value is -1.28. The Labute approximate surface area is 65.1 Å². The average Bonchev–Trinajstić information content (AvgIpc) is 1.87. The van der Waals surface area contributed by atoms with Crippen LogP contribution in [0.2, 0.25) is 0 Å². The first-order valence-electron chi connectivity index (χ1n) is 2.98. The second-order valence-corrected chi connectivity index (χ2v) is 2.21. The van der Waals surface area contributed by atoms with E-state index in [-0.39, 0.29) is 5.92 Å². The number of rotatable bonds is 2. The largest absolute Gasteiger partial charge is 0.480 e. The maximum atomic E-state index is 10.0. The lowest BCUT2D eigenvalue weighted by molar-refractivity contribution is -0.139. The molecule has 0 heterocycles. The van der Waals surface area contributed by atoms with E-state index in [1.807, 2.05) is 0 Å². The molecule has 0 aromatic rings. The fraction of sp³-hybridized carbons (Fsp3) is 0.667. The van der Waals surface area contributed by atoms with Gasteiger partial charge >= 0.3 is 5.97 Å². The number of aliphatic hydroxyl groups is 1. The molecule has 0 aromatic heterocycles. The van der Waals surface area contributed by atoms with Crippen molar-refractivity contribution in [1.82, 2.24) is 0 Å². The van der Waals surface area contributed by atoms with Gasteiger partial charge in [-0.3, -0.25) is 4.79 Å². The third-order valence-corrected chi connectivity index (χ3v) is 1.00. The number of hydrogen-bond donors (Lipinski definition) is 3. The molecule has 0 fully saturated rings. The van der Waals surface area contributed by atoms with Gasteiger partial charge in [0.2, 0.25) is 0 Å². The van der Waals surface area contributed by atoms with E-state index in [9.17, 15) is 4.79 Å². The molecule has 0 aromatic carbocycles. The van der Waals surface area contributed by atoms with Gasteiger partial charge in [0, 0.05) is 0 Å². The lowest BCUT2D eigenvalue weighted by Gasteiger charge is -2.07. The van der Waals surface area contributed by atoms with Crippen molar-refractivity contribution >= 4 is 5.97 Å². The lowest BCUT2D eigenvalue weighted by Crippen LogP contribution is -2.34. The molecule has 0 bridgehead atoms. The van der Waals surface area contributed by atoms with Gasteiger partial charge in [0.25, 0.3) is 6.26 Å². The van der Waals surface area contributed by atoms with E-state index >= 15 is 0 Å². The second kappa shape index (κ2) is 6.83. The molecule has 11 heavy (non-hydrogen) atoms. The van der Waals surface area contributed by atoms with Gasteiger partial charge in [-0.05, 0) is 5.92 Å². The highest BCUT2D eigenvalue weighted by Crippen LogP contribution is 1.96. The van der Waals surface area contributed by atoms with E-state index in [2.05, 4.69) is 0 Å². The fourth-order valence-corrected chi connectivity index (χ4v) is 0.285. The van der Waals surface area contributed by atoms with Crippen molar-refractivity contribution in [2.75, 3.05) is 0 Å². The highest BCUT2D eigenvalue weighted by molar-refractivity contribution is 5.73. The van der Waals surface area contributed by atoms with E-state index in [1.165, 1.54) is 0 Å². The summed E-state index contributed by atoms with van der Waals surface area (Å²) in [5, 5.41) is 22.0. The molecule has 0 saturated heterocycles. The molecule has 5 heteroatoms. The van der Waals surface area contributed by atoms with Crippen molar-refractivity contribution in [3.63, 3.8) is 0 Å². The molecule has 0 saturated carbocycles. The smallest absolute Gasteiger partial charge is 0.320 e. The quantitative estimate of drug-likeness (QED) is 0.488. The van der Waals surface area contributed by atoms with Gasteiger partial charge < -0.3 is 15.9 Å². The first kappa shape index (κ1) is 12.4. The van der Waals surface area contributed by atoms with Crippen molar-refractivity contribution in [2.24, 2.45) is 11.7 Å². The molecule has 0 rings (SSSR count). The van der Waals surface area contributed by atoms with E-state index in [0.29, 0.717) is 0 Å². The Morgan fingerprint density at radius 2 is 1.91 bits per heavy atom. The number of carboxylic acid groups (broad SMARTS) is 1. The van der Waals surface area contributed by atoms with Crippen LogP contribution in [0.5, 0.6) is 0 Å². The van der Waals surface area contributed by atoms with Crippen molar-refractivity contribution < 1.29 is 15.0 Å². The number of nitrogens with two attached hydrogens (primary N) is 1. The highest BCUT2D eigenvalue weighted by Gasteiger charge is 2.14. The van der Waals surface area contributed by atoms with Crippen LogP contribution in [-0.2, 0) is 4.79 Å². The summed E-state index contributed by atoms with van der Waals surface area (Å²) in [5.74, 6) is -0.910. The predicted molar refractivity (Wildman–Crippen MR) is 38.0 cm³/mol. The maximum absolute atomic E-state index is 10.0. The van der Waals surface area contributed by atoms with Gasteiger partial charge in [-0.25, -0.2) is 0 Å². The number of aliphatic hydroxyl groups excluding tert-OH is 1. The van der Waals surface area contributed by atoms with Crippen LogP contribution < -0.4 is 5.73 Å². The molecule has 0 aliphatic heterocycles. The van der Waals surface area contributed by atoms with Crippen LogP contribution in [0.15, 0.2) is 0 Å². The minimum absolute atomic E-state index is 0.0208. The summed E-state index contributed by atoms with van der Waals surface area (Å²) < 4.78 is 0. The summed E-state index contributed by atoms with van der Waals surface area (Å²) in [6.07, 6.45) is 0.750. The van der Waals surface area contributed by atoms with Gasteiger partial charge in [0.15, 0.2) is 0 Å². The molecule has 0 spiro atoms. The summed E-state index contributed by atoms with van der Waals surface area (Å²) in [7, 11) is 0. The van der Waals surface area contributed by atoms with Gasteiger partial charge in [-0.15, -0.1) is 0 Å². The van der Waals surface area contributed by atoms with E-state index in [0.717, 1.165) is 6.26 Å². The van der Waals surface area contributed by atoms with Crippen molar-refractivity contribution in [3.8, 4) is 6.26 Å². The zero-order chi connectivity index (χ0) is 9.44. The van der Waals surface area contributed by atoms with Crippen LogP contribution in [-0.4, -0.2) is 22.2 Å². The van der Waals surface area contributed by atoms with Crippen molar-refractivity contribution in [2.45, 2.75) is 19.9 Å². The Kier molecular flexibility index (Phi) is 7.71. The zero-order valence-electron chi connectivity index (χ0n) is 6.48. The molecule has 0 aliphatic rings. The summed E-state index contributed by atoms with van der Waals surface area (Å²) in [5.41, 5.74) is 5.16. The summed E-state index contributed by atoms with van der Waals surface area (Å²) in [6.45, 7) is 3.55. The van der Waals surface area contributed by atoms with Gasteiger partial charge in [-0.1, -0.05) is 13.8 Å². The van der Waals surface area contributed by atoms with E-state index in [4.69, 9.17) is 21.2 Å². The number of nitriles is 1. The first-order chi connectivity index (χ1) is 4.97. The standard InChI is InChI=1S/C5H11NO2.CHNO/c1-3(2)4(6)5(7)8;2-1-3/h3-4H,6H2,1-2H3,(H,7,8);3H/t4-;/m0./s1. The van der Waals surface area contributed by atoms with Crippen LogP contribution in [0.25, 0.3) is 0 Å². The molecule has 0 amide bonds. The molecule has 0 radical (unpaired) electrons. The lowest BCUT2D eigenvalue weighted by atomic mass is 10.1. The van der Waals surface area contributed by atoms with Crippen LogP contribution in [0, 0.1) is 17.4 Å². The molecular weight excluding hydrogens is 148 g/mol. The maximum Gasteiger partial charge on any atom is 0.320 e. The minimum atomic E-state index is -0.931. The van der Waals surface area contributed by atoms with Crippen LogP contribution >= 0.6 is 0 Å². The molecule has 5 nitrogen and oxygen atoms in total. The number of carbonyl (C=O) groups is 1. The normalized spacial score (nSPS) is 10.8. The minimum Gasteiger partial charge on any atom is -0.480 e. The van der Waals surface area contributed by atoms with Gasteiger partial charge in [-0.2, -0.15) is 5.26 Å².